The van der Waals surface area contributed by atoms with Crippen molar-refractivity contribution in [3.8, 4) is 0 Å². The lowest BCUT2D eigenvalue weighted by atomic mass is 10.1. The minimum absolute atomic E-state index is 0.0585. The molecule has 136 valence electrons. The van der Waals surface area contributed by atoms with E-state index in [4.69, 9.17) is 9.68 Å². The minimum atomic E-state index is -0.212. The van der Waals surface area contributed by atoms with Crippen LogP contribution in [0.4, 0.5) is 5.69 Å². The SMILES string of the molecule is CC1=CC(CCNc2ccccc2C(=O)NOCC2CCCC2)ON1. The summed E-state index contributed by atoms with van der Waals surface area (Å²) in [7, 11) is 0. The Hall–Kier alpha value is -2.05. The maximum atomic E-state index is 12.4. The van der Waals surface area contributed by atoms with Crippen molar-refractivity contribution in [2.24, 2.45) is 5.92 Å². The third-order valence-electron chi connectivity index (χ3n) is 4.68. The van der Waals surface area contributed by atoms with E-state index in [2.05, 4.69) is 22.4 Å². The van der Waals surface area contributed by atoms with Crippen molar-refractivity contribution in [1.82, 2.24) is 11.0 Å². The summed E-state index contributed by atoms with van der Waals surface area (Å²) in [6.07, 6.45) is 7.85. The molecule has 0 aromatic heterocycles. The summed E-state index contributed by atoms with van der Waals surface area (Å²) in [6.45, 7) is 3.28. The number of hydrogen-bond acceptors (Lipinski definition) is 5. The maximum Gasteiger partial charge on any atom is 0.276 e. The minimum Gasteiger partial charge on any atom is -0.384 e. The number of carbonyl (C=O) groups excluding carboxylic acids is 1. The smallest absolute Gasteiger partial charge is 0.276 e. The van der Waals surface area contributed by atoms with E-state index in [1.807, 2.05) is 25.1 Å². The predicted molar refractivity (Wildman–Crippen MR) is 96.7 cm³/mol. The Kier molecular flexibility index (Phi) is 6.30. The second-order valence-electron chi connectivity index (χ2n) is 6.76. The van der Waals surface area contributed by atoms with E-state index in [-0.39, 0.29) is 12.0 Å². The molecular formula is C19H27N3O3. The highest BCUT2D eigenvalue weighted by atomic mass is 16.7. The Balaban J connectivity index is 1.46. The lowest BCUT2D eigenvalue weighted by Crippen LogP contribution is -2.27. The lowest BCUT2D eigenvalue weighted by molar-refractivity contribution is 0.0172. The highest BCUT2D eigenvalue weighted by molar-refractivity contribution is 5.98. The summed E-state index contributed by atoms with van der Waals surface area (Å²) in [5, 5.41) is 3.31. The van der Waals surface area contributed by atoms with Gasteiger partial charge in [0.2, 0.25) is 0 Å². The quantitative estimate of drug-likeness (QED) is 0.631. The number of amides is 1. The van der Waals surface area contributed by atoms with Gasteiger partial charge in [-0.05, 0) is 50.3 Å². The molecule has 0 bridgehead atoms. The standard InChI is InChI=1S/C19H27N3O3/c1-14-12-16(25-21-14)10-11-20-18-9-5-4-8-17(18)19(23)22-24-13-15-6-2-3-7-15/h4-5,8-9,12,15-16,20-21H,2-3,6-7,10-11,13H2,1H3,(H,22,23). The molecule has 1 aliphatic carbocycles. The molecule has 3 N–H and O–H groups in total. The molecule has 1 fully saturated rings. The van der Waals surface area contributed by atoms with E-state index in [1.54, 1.807) is 6.07 Å². The second kappa shape index (κ2) is 8.87. The fraction of sp³-hybridized carbons (Fsp3) is 0.526. The van der Waals surface area contributed by atoms with E-state index in [0.29, 0.717) is 24.6 Å². The predicted octanol–water partition coefficient (Wildman–Crippen LogP) is 3.15. The summed E-state index contributed by atoms with van der Waals surface area (Å²) >= 11 is 0. The largest absolute Gasteiger partial charge is 0.384 e. The fourth-order valence-electron chi connectivity index (χ4n) is 3.30. The molecule has 1 aliphatic heterocycles. The number of hydroxylamine groups is 2. The molecule has 0 radical (unpaired) electrons. The average molecular weight is 345 g/mol. The van der Waals surface area contributed by atoms with Crippen molar-refractivity contribution in [2.45, 2.75) is 45.1 Å². The van der Waals surface area contributed by atoms with Crippen LogP contribution in [0.1, 0.15) is 49.4 Å². The lowest BCUT2D eigenvalue weighted by Gasteiger charge is -2.14. The molecule has 1 unspecified atom stereocenters. The topological polar surface area (TPSA) is 71.6 Å². The van der Waals surface area contributed by atoms with Gasteiger partial charge < -0.3 is 5.32 Å². The van der Waals surface area contributed by atoms with Gasteiger partial charge >= 0.3 is 0 Å². The fourth-order valence-corrected chi connectivity index (χ4v) is 3.30. The molecular weight excluding hydrogens is 318 g/mol. The van der Waals surface area contributed by atoms with Crippen molar-refractivity contribution in [3.05, 3.63) is 41.6 Å². The Morgan fingerprint density at radius 3 is 2.88 bits per heavy atom. The average Bonchev–Trinajstić information content (AvgIpc) is 3.27. The summed E-state index contributed by atoms with van der Waals surface area (Å²) in [5.74, 6) is 0.362. The van der Waals surface area contributed by atoms with Gasteiger partial charge in [0, 0.05) is 17.9 Å². The van der Waals surface area contributed by atoms with Crippen LogP contribution in [0.2, 0.25) is 0 Å². The van der Waals surface area contributed by atoms with Crippen LogP contribution in [-0.2, 0) is 9.68 Å². The maximum absolute atomic E-state index is 12.4. The third-order valence-corrected chi connectivity index (χ3v) is 4.68. The first-order valence-corrected chi connectivity index (χ1v) is 9.07. The van der Waals surface area contributed by atoms with Gasteiger partial charge in [-0.2, -0.15) is 0 Å². The number of anilines is 1. The Morgan fingerprint density at radius 2 is 2.12 bits per heavy atom. The molecule has 1 atom stereocenters. The zero-order valence-corrected chi connectivity index (χ0v) is 14.7. The Labute approximate surface area is 148 Å². The normalized spacial score (nSPS) is 20.2. The summed E-state index contributed by atoms with van der Waals surface area (Å²) < 4.78 is 0. The molecule has 1 amide bonds. The van der Waals surface area contributed by atoms with Crippen LogP contribution in [-0.4, -0.2) is 25.2 Å². The van der Waals surface area contributed by atoms with Crippen molar-refractivity contribution in [2.75, 3.05) is 18.5 Å². The van der Waals surface area contributed by atoms with Gasteiger partial charge in [-0.15, -0.1) is 0 Å². The highest BCUT2D eigenvalue weighted by Gasteiger charge is 2.17. The molecule has 6 heteroatoms. The molecule has 0 spiro atoms. The van der Waals surface area contributed by atoms with Crippen molar-refractivity contribution < 1.29 is 14.5 Å². The molecule has 1 heterocycles. The molecule has 1 aromatic rings. The van der Waals surface area contributed by atoms with E-state index >= 15 is 0 Å². The highest BCUT2D eigenvalue weighted by Crippen LogP contribution is 2.24. The number of benzene rings is 1. The number of nitrogens with one attached hydrogen (secondary N) is 3. The number of rotatable bonds is 8. The van der Waals surface area contributed by atoms with E-state index in [0.717, 1.165) is 17.8 Å². The van der Waals surface area contributed by atoms with Gasteiger partial charge in [-0.25, -0.2) is 5.48 Å². The zero-order valence-electron chi connectivity index (χ0n) is 14.7. The second-order valence-corrected chi connectivity index (χ2v) is 6.76. The third kappa shape index (κ3) is 5.21. The summed E-state index contributed by atoms with van der Waals surface area (Å²) in [4.78, 5) is 23.2. The van der Waals surface area contributed by atoms with Crippen LogP contribution in [0.25, 0.3) is 0 Å². The van der Waals surface area contributed by atoms with Gasteiger partial charge in [0.05, 0.1) is 12.2 Å². The van der Waals surface area contributed by atoms with Crippen LogP contribution in [0, 0.1) is 5.92 Å². The summed E-state index contributed by atoms with van der Waals surface area (Å²) in [6, 6.07) is 7.47. The van der Waals surface area contributed by atoms with Gasteiger partial charge in [-0.1, -0.05) is 25.0 Å². The Morgan fingerprint density at radius 1 is 1.32 bits per heavy atom. The molecule has 2 aliphatic rings. The van der Waals surface area contributed by atoms with Crippen molar-refractivity contribution >= 4 is 11.6 Å². The molecule has 1 saturated carbocycles. The number of para-hydroxylation sites is 1. The monoisotopic (exact) mass is 345 g/mol. The first-order chi connectivity index (χ1) is 12.2. The number of allylic oxidation sites excluding steroid dienone is 1. The zero-order chi connectivity index (χ0) is 17.5. The first kappa shape index (κ1) is 17.8. The Bertz CT molecular complexity index is 612. The van der Waals surface area contributed by atoms with Crippen LogP contribution in [0.3, 0.4) is 0 Å². The van der Waals surface area contributed by atoms with E-state index < -0.39 is 0 Å². The molecule has 25 heavy (non-hydrogen) atoms. The van der Waals surface area contributed by atoms with Crippen LogP contribution >= 0.6 is 0 Å². The van der Waals surface area contributed by atoms with Crippen LogP contribution < -0.4 is 16.3 Å². The van der Waals surface area contributed by atoms with Gasteiger partial charge in [0.15, 0.2) is 0 Å². The van der Waals surface area contributed by atoms with Gasteiger partial charge in [0.25, 0.3) is 5.91 Å². The van der Waals surface area contributed by atoms with Gasteiger partial charge in [-0.3, -0.25) is 19.9 Å². The van der Waals surface area contributed by atoms with E-state index in [1.165, 1.54) is 25.7 Å². The molecule has 1 aromatic carbocycles. The van der Waals surface area contributed by atoms with Crippen molar-refractivity contribution in [1.29, 1.82) is 0 Å². The van der Waals surface area contributed by atoms with Gasteiger partial charge in [0.1, 0.15) is 6.10 Å². The number of carbonyl (C=O) groups is 1. The van der Waals surface area contributed by atoms with Crippen LogP contribution in [0.15, 0.2) is 36.0 Å². The number of hydrogen-bond donors (Lipinski definition) is 3. The molecule has 3 rings (SSSR count). The first-order valence-electron chi connectivity index (χ1n) is 9.07. The van der Waals surface area contributed by atoms with E-state index in [9.17, 15) is 4.79 Å². The van der Waals surface area contributed by atoms with Crippen LogP contribution in [0.5, 0.6) is 0 Å². The summed E-state index contributed by atoms with van der Waals surface area (Å²) in [5.41, 5.74) is 7.85. The van der Waals surface area contributed by atoms with Crippen molar-refractivity contribution in [3.63, 3.8) is 0 Å². The molecule has 6 nitrogen and oxygen atoms in total. The molecule has 0 saturated heterocycles.